The smallest absolute Gasteiger partial charge is 0.273 e. The van der Waals surface area contributed by atoms with E-state index in [1.54, 1.807) is 4.90 Å². The van der Waals surface area contributed by atoms with E-state index in [1.807, 2.05) is 6.92 Å². The minimum Gasteiger partial charge on any atom is -0.337 e. The van der Waals surface area contributed by atoms with E-state index in [4.69, 9.17) is 0 Å². The number of carbonyl (C=O) groups is 1. The van der Waals surface area contributed by atoms with Crippen molar-refractivity contribution in [2.24, 2.45) is 5.92 Å². The van der Waals surface area contributed by atoms with E-state index < -0.39 is 0 Å². The molecule has 1 aromatic rings. The highest BCUT2D eigenvalue weighted by Crippen LogP contribution is 2.14. The van der Waals surface area contributed by atoms with Gasteiger partial charge in [0.15, 0.2) is 0 Å². The minimum atomic E-state index is -0.294. The summed E-state index contributed by atoms with van der Waals surface area (Å²) in [6.07, 6.45) is 4.73. The fourth-order valence-electron chi connectivity index (χ4n) is 2.35. The van der Waals surface area contributed by atoms with Crippen LogP contribution >= 0.6 is 0 Å². The first-order valence-electron chi connectivity index (χ1n) is 6.75. The Hall–Kier alpha value is -1.69. The highest BCUT2D eigenvalue weighted by Gasteiger charge is 2.21. The molecule has 6 heteroatoms. The number of aromatic nitrogens is 2. The lowest BCUT2D eigenvalue weighted by molar-refractivity contribution is 0.0720. The summed E-state index contributed by atoms with van der Waals surface area (Å²) in [5.74, 6) is 0.435. The van der Waals surface area contributed by atoms with Gasteiger partial charge in [-0.1, -0.05) is 0 Å². The summed E-state index contributed by atoms with van der Waals surface area (Å²) in [5, 5.41) is 3.32. The van der Waals surface area contributed by atoms with Crippen LogP contribution < -0.4 is 10.9 Å². The quantitative estimate of drug-likeness (QED) is 0.816. The van der Waals surface area contributed by atoms with Crippen molar-refractivity contribution < 1.29 is 4.79 Å². The molecule has 2 heterocycles. The van der Waals surface area contributed by atoms with Crippen LogP contribution in [-0.2, 0) is 0 Å². The topological polar surface area (TPSA) is 78.1 Å². The van der Waals surface area contributed by atoms with Gasteiger partial charge in [-0.05, 0) is 38.8 Å². The number of amides is 1. The third-order valence-corrected chi connectivity index (χ3v) is 3.50. The number of aromatic amines is 1. The van der Waals surface area contributed by atoms with Gasteiger partial charge in [-0.25, -0.2) is 4.98 Å². The minimum absolute atomic E-state index is 0.114. The Morgan fingerprint density at radius 3 is 2.79 bits per heavy atom. The molecular weight excluding hydrogens is 244 g/mol. The van der Waals surface area contributed by atoms with Crippen LogP contribution in [0.25, 0.3) is 0 Å². The van der Waals surface area contributed by atoms with Gasteiger partial charge < -0.3 is 15.2 Å². The van der Waals surface area contributed by atoms with Gasteiger partial charge in [0.1, 0.15) is 5.69 Å². The Morgan fingerprint density at radius 1 is 1.47 bits per heavy atom. The third kappa shape index (κ3) is 3.64. The van der Waals surface area contributed by atoms with Crippen LogP contribution in [-0.4, -0.2) is 47.0 Å². The second kappa shape index (κ2) is 6.47. The molecule has 1 saturated heterocycles. The van der Waals surface area contributed by atoms with Crippen molar-refractivity contribution in [2.45, 2.75) is 19.8 Å². The van der Waals surface area contributed by atoms with Crippen molar-refractivity contribution in [1.82, 2.24) is 20.2 Å². The monoisotopic (exact) mass is 264 g/mol. The summed E-state index contributed by atoms with van der Waals surface area (Å²) in [6, 6.07) is 0. The summed E-state index contributed by atoms with van der Waals surface area (Å²) in [4.78, 5) is 31.4. The maximum Gasteiger partial charge on any atom is 0.273 e. The molecule has 0 unspecified atom stereocenters. The molecule has 2 N–H and O–H groups in total. The van der Waals surface area contributed by atoms with Crippen LogP contribution in [0.4, 0.5) is 0 Å². The fraction of sp³-hybridized carbons (Fsp3) is 0.615. The van der Waals surface area contributed by atoms with Crippen molar-refractivity contribution in [1.29, 1.82) is 0 Å². The van der Waals surface area contributed by atoms with Gasteiger partial charge in [0.2, 0.25) is 0 Å². The molecule has 1 aliphatic rings. The van der Waals surface area contributed by atoms with Crippen molar-refractivity contribution in [3.8, 4) is 0 Å². The summed E-state index contributed by atoms with van der Waals surface area (Å²) >= 11 is 0. The molecular formula is C13H20N4O2. The fourth-order valence-corrected chi connectivity index (χ4v) is 2.35. The van der Waals surface area contributed by atoms with Gasteiger partial charge in [0.05, 0.1) is 6.20 Å². The zero-order valence-corrected chi connectivity index (χ0v) is 11.2. The number of piperidine rings is 1. The second-order valence-electron chi connectivity index (χ2n) is 4.83. The first kappa shape index (κ1) is 13.7. The van der Waals surface area contributed by atoms with E-state index in [9.17, 15) is 9.59 Å². The van der Waals surface area contributed by atoms with E-state index in [1.165, 1.54) is 6.20 Å². The number of hydrogen-bond acceptors (Lipinski definition) is 4. The zero-order chi connectivity index (χ0) is 13.7. The summed E-state index contributed by atoms with van der Waals surface area (Å²) < 4.78 is 0. The molecule has 0 aliphatic carbocycles. The molecule has 1 fully saturated rings. The highest BCUT2D eigenvalue weighted by molar-refractivity contribution is 5.91. The molecule has 104 valence electrons. The maximum absolute atomic E-state index is 12.3. The maximum atomic E-state index is 12.3. The van der Waals surface area contributed by atoms with Crippen LogP contribution in [0, 0.1) is 5.92 Å². The Kier molecular flexibility index (Phi) is 4.68. The molecule has 1 aliphatic heterocycles. The number of H-pyrrole nitrogens is 1. The number of nitrogens with one attached hydrogen (secondary N) is 2. The van der Waals surface area contributed by atoms with E-state index in [-0.39, 0.29) is 11.5 Å². The summed E-state index contributed by atoms with van der Waals surface area (Å²) in [5.41, 5.74) is 0.00772. The second-order valence-corrected chi connectivity index (χ2v) is 4.83. The zero-order valence-electron chi connectivity index (χ0n) is 11.2. The van der Waals surface area contributed by atoms with Gasteiger partial charge in [0, 0.05) is 19.3 Å². The molecule has 0 atom stereocenters. The molecule has 0 radical (unpaired) electrons. The lowest BCUT2D eigenvalue weighted by Crippen LogP contribution is -2.39. The lowest BCUT2D eigenvalue weighted by Gasteiger charge is -2.29. The number of carbonyl (C=O) groups excluding carboxylic acids is 1. The van der Waals surface area contributed by atoms with Crippen LogP contribution in [0.15, 0.2) is 17.2 Å². The van der Waals surface area contributed by atoms with Gasteiger partial charge in [0.25, 0.3) is 11.5 Å². The Balaban J connectivity index is 2.01. The average Bonchev–Trinajstić information content (AvgIpc) is 2.46. The molecule has 6 nitrogen and oxygen atoms in total. The SMILES string of the molecule is CCN(CC1CCNCC1)C(=O)c1c[nH]c(=O)cn1. The molecule has 1 aromatic heterocycles. The largest absolute Gasteiger partial charge is 0.337 e. The number of rotatable bonds is 4. The number of nitrogens with zero attached hydrogens (tertiary/aromatic N) is 2. The van der Waals surface area contributed by atoms with Crippen molar-refractivity contribution in [3.63, 3.8) is 0 Å². The lowest BCUT2D eigenvalue weighted by atomic mass is 9.97. The van der Waals surface area contributed by atoms with Crippen LogP contribution in [0.2, 0.25) is 0 Å². The molecule has 0 bridgehead atoms. The van der Waals surface area contributed by atoms with Crippen molar-refractivity contribution >= 4 is 5.91 Å². The van der Waals surface area contributed by atoms with Gasteiger partial charge in [-0.3, -0.25) is 9.59 Å². The van der Waals surface area contributed by atoms with Crippen LogP contribution in [0.5, 0.6) is 0 Å². The van der Waals surface area contributed by atoms with Crippen molar-refractivity contribution in [2.75, 3.05) is 26.2 Å². The molecule has 19 heavy (non-hydrogen) atoms. The summed E-state index contributed by atoms with van der Waals surface area (Å²) in [6.45, 7) is 5.42. The normalized spacial score (nSPS) is 16.3. The van der Waals surface area contributed by atoms with Gasteiger partial charge in [-0.2, -0.15) is 0 Å². The first-order chi connectivity index (χ1) is 9.20. The Labute approximate surface area is 112 Å². The van der Waals surface area contributed by atoms with E-state index >= 15 is 0 Å². The molecule has 0 saturated carbocycles. The van der Waals surface area contributed by atoms with Crippen LogP contribution in [0.3, 0.4) is 0 Å². The summed E-state index contributed by atoms with van der Waals surface area (Å²) in [7, 11) is 0. The Bertz CT molecular complexity index is 459. The third-order valence-electron chi connectivity index (χ3n) is 3.50. The molecule has 0 spiro atoms. The van der Waals surface area contributed by atoms with Gasteiger partial charge >= 0.3 is 0 Å². The first-order valence-corrected chi connectivity index (χ1v) is 6.75. The predicted octanol–water partition coefficient (Wildman–Crippen LogP) is 0.232. The van der Waals surface area contributed by atoms with Gasteiger partial charge in [-0.15, -0.1) is 0 Å². The molecule has 2 rings (SSSR count). The highest BCUT2D eigenvalue weighted by atomic mass is 16.2. The standard InChI is InChI=1S/C13H20N4O2/c1-2-17(9-10-3-5-14-6-4-10)13(19)11-7-16-12(18)8-15-11/h7-8,10,14H,2-6,9H2,1H3,(H,16,18). The molecule has 0 aromatic carbocycles. The van der Waals surface area contributed by atoms with E-state index in [0.717, 1.165) is 38.7 Å². The average molecular weight is 264 g/mol. The van der Waals surface area contributed by atoms with E-state index in [0.29, 0.717) is 18.2 Å². The van der Waals surface area contributed by atoms with Crippen molar-refractivity contribution in [3.05, 3.63) is 28.4 Å². The molecule has 1 amide bonds. The predicted molar refractivity (Wildman–Crippen MR) is 72.0 cm³/mol. The Morgan fingerprint density at radius 2 is 2.21 bits per heavy atom. The van der Waals surface area contributed by atoms with Crippen LogP contribution in [0.1, 0.15) is 30.3 Å². The number of hydrogen-bond donors (Lipinski definition) is 2. The van der Waals surface area contributed by atoms with E-state index in [2.05, 4.69) is 15.3 Å².